The molecular formula is C31H45NO3. The molecule has 2 rings (SSSR count). The van der Waals surface area contributed by atoms with Crippen LogP contribution in [0, 0.1) is 13.8 Å². The molecule has 0 amide bonds. The third-order valence-corrected chi connectivity index (χ3v) is 5.59. The normalized spacial score (nSPS) is 10.9. The van der Waals surface area contributed by atoms with Gasteiger partial charge in [-0.1, -0.05) is 68.8 Å². The number of aliphatic hydroxyl groups excluding tert-OH is 1. The molecule has 0 heterocycles. The van der Waals surface area contributed by atoms with Crippen LogP contribution in [0.5, 0.6) is 0 Å². The van der Waals surface area contributed by atoms with Gasteiger partial charge in [-0.15, -0.1) is 0 Å². The molecule has 0 unspecified atom stereocenters. The molecule has 1 N–H and O–H groups in total. The predicted octanol–water partition coefficient (Wildman–Crippen LogP) is 7.69. The van der Waals surface area contributed by atoms with Gasteiger partial charge in [0.2, 0.25) is 0 Å². The average Bonchev–Trinajstić information content (AvgIpc) is 2.82. The fourth-order valence-corrected chi connectivity index (χ4v) is 3.40. The Morgan fingerprint density at radius 3 is 2.00 bits per heavy atom. The third kappa shape index (κ3) is 12.3. The average molecular weight is 480 g/mol. The van der Waals surface area contributed by atoms with Crippen molar-refractivity contribution < 1.29 is 14.7 Å². The van der Waals surface area contributed by atoms with Crippen molar-refractivity contribution in [1.29, 1.82) is 0 Å². The molecule has 0 saturated heterocycles. The summed E-state index contributed by atoms with van der Waals surface area (Å²) in [5.74, 6) is 0.255. The number of nitrogens with zero attached hydrogens (tertiary/aromatic N) is 1. The molecule has 35 heavy (non-hydrogen) atoms. The van der Waals surface area contributed by atoms with E-state index in [0.717, 1.165) is 39.0 Å². The number of aliphatic hydroxyl groups is 1. The molecule has 4 heteroatoms. The number of benzene rings is 2. The highest BCUT2D eigenvalue weighted by molar-refractivity contribution is 5.88. The van der Waals surface area contributed by atoms with Gasteiger partial charge in [0.15, 0.2) is 0 Å². The Hall–Kier alpha value is -2.98. The highest BCUT2D eigenvalue weighted by Gasteiger charge is 2.10. The number of aldehydes is 1. The van der Waals surface area contributed by atoms with Crippen LogP contribution in [0.3, 0.4) is 0 Å². The summed E-state index contributed by atoms with van der Waals surface area (Å²) in [6.45, 7) is 23.7. The van der Waals surface area contributed by atoms with Crippen molar-refractivity contribution in [2.45, 2.75) is 68.2 Å². The Morgan fingerprint density at radius 1 is 0.971 bits per heavy atom. The van der Waals surface area contributed by atoms with Gasteiger partial charge in [-0.05, 0) is 95.1 Å². The van der Waals surface area contributed by atoms with Crippen LogP contribution in [-0.2, 0) is 9.59 Å². The van der Waals surface area contributed by atoms with Crippen molar-refractivity contribution in [2.24, 2.45) is 0 Å². The van der Waals surface area contributed by atoms with Gasteiger partial charge in [0, 0.05) is 5.56 Å². The van der Waals surface area contributed by atoms with Gasteiger partial charge in [0.1, 0.15) is 17.8 Å². The van der Waals surface area contributed by atoms with Crippen LogP contribution < -0.4 is 0 Å². The molecule has 0 atom stereocenters. The Morgan fingerprint density at radius 2 is 1.60 bits per heavy atom. The maximum Gasteiger partial charge on any atom is 0.136 e. The van der Waals surface area contributed by atoms with Crippen LogP contribution in [0.15, 0.2) is 49.0 Å². The van der Waals surface area contributed by atoms with E-state index in [2.05, 4.69) is 57.4 Å². The van der Waals surface area contributed by atoms with Gasteiger partial charge in [0.05, 0.1) is 6.42 Å². The topological polar surface area (TPSA) is 57.6 Å². The molecule has 192 valence electrons. The number of hydrogen-bond acceptors (Lipinski definition) is 4. The van der Waals surface area contributed by atoms with Crippen LogP contribution in [0.2, 0.25) is 0 Å². The van der Waals surface area contributed by atoms with E-state index in [-0.39, 0.29) is 12.2 Å². The van der Waals surface area contributed by atoms with Crippen LogP contribution in [-0.4, -0.2) is 41.7 Å². The minimum Gasteiger partial charge on any atom is -0.507 e. The van der Waals surface area contributed by atoms with Crippen LogP contribution in [0.1, 0.15) is 82.2 Å². The standard InChI is InChI=1S/C20H22O.C7H17N.C4H6O2/c1-13(2)17-10-9-15(4)19(12-17)16(5)20(21)18-8-6-7-14(3)11-18;1-4-7-8(5-2)6-3;1-4(6)2-3-5/h6-12,21H,1H2,2-5H3;4-7H2,1-3H3;3H,2H2,1H3/b20-16+;;. The zero-order valence-electron chi connectivity index (χ0n) is 23.1. The van der Waals surface area contributed by atoms with Crippen molar-refractivity contribution in [3.05, 3.63) is 76.9 Å². The second kappa shape index (κ2) is 17.5. The minimum absolute atomic E-state index is 0.0556. The molecule has 2 aromatic carbocycles. The lowest BCUT2D eigenvalue weighted by atomic mass is 9.94. The summed E-state index contributed by atoms with van der Waals surface area (Å²) in [6, 6.07) is 14.2. The van der Waals surface area contributed by atoms with E-state index in [1.54, 1.807) is 0 Å². The van der Waals surface area contributed by atoms with Gasteiger partial charge >= 0.3 is 0 Å². The number of hydrogen-bond donors (Lipinski definition) is 1. The summed E-state index contributed by atoms with van der Waals surface area (Å²) in [5, 5.41) is 10.6. The molecule has 0 aliphatic heterocycles. The summed E-state index contributed by atoms with van der Waals surface area (Å²) < 4.78 is 0. The summed E-state index contributed by atoms with van der Waals surface area (Å²) in [6.07, 6.45) is 1.93. The summed E-state index contributed by atoms with van der Waals surface area (Å²) in [4.78, 5) is 21.6. The van der Waals surface area contributed by atoms with Gasteiger partial charge in [-0.25, -0.2) is 0 Å². The fraction of sp³-hybridized carbons (Fsp3) is 0.419. The molecule has 0 radical (unpaired) electrons. The number of Topliss-reactive ketones (excluding diaryl/α,β-unsaturated/α-hetero) is 1. The maximum absolute atomic E-state index is 10.6. The quantitative estimate of drug-likeness (QED) is 0.173. The van der Waals surface area contributed by atoms with E-state index in [4.69, 9.17) is 0 Å². The molecule has 0 spiro atoms. The van der Waals surface area contributed by atoms with E-state index >= 15 is 0 Å². The second-order valence-electron chi connectivity index (χ2n) is 8.75. The van der Waals surface area contributed by atoms with E-state index < -0.39 is 0 Å². The zero-order valence-corrected chi connectivity index (χ0v) is 23.1. The molecule has 0 fully saturated rings. The number of allylic oxidation sites excluding steroid dienone is 2. The zero-order chi connectivity index (χ0) is 27.0. The number of aryl methyl sites for hydroxylation is 2. The highest BCUT2D eigenvalue weighted by atomic mass is 16.3. The first kappa shape index (κ1) is 32.0. The molecule has 0 aliphatic rings. The first-order valence-electron chi connectivity index (χ1n) is 12.4. The molecule has 0 aromatic heterocycles. The van der Waals surface area contributed by atoms with Crippen molar-refractivity contribution >= 4 is 29.0 Å². The van der Waals surface area contributed by atoms with Crippen LogP contribution in [0.4, 0.5) is 0 Å². The van der Waals surface area contributed by atoms with E-state index in [1.165, 1.54) is 33.0 Å². The van der Waals surface area contributed by atoms with Gasteiger partial charge in [0.25, 0.3) is 0 Å². The first-order chi connectivity index (χ1) is 16.5. The van der Waals surface area contributed by atoms with E-state index in [0.29, 0.717) is 12.0 Å². The van der Waals surface area contributed by atoms with Crippen molar-refractivity contribution in [1.82, 2.24) is 4.90 Å². The fourth-order valence-electron chi connectivity index (χ4n) is 3.40. The number of rotatable bonds is 9. The van der Waals surface area contributed by atoms with Crippen LogP contribution in [0.25, 0.3) is 16.9 Å². The monoisotopic (exact) mass is 479 g/mol. The number of carbonyl (C=O) groups is 2. The molecule has 0 aliphatic carbocycles. The lowest BCUT2D eigenvalue weighted by molar-refractivity contribution is -0.120. The molecule has 4 nitrogen and oxygen atoms in total. The highest BCUT2D eigenvalue weighted by Crippen LogP contribution is 2.28. The lowest BCUT2D eigenvalue weighted by Gasteiger charge is -2.15. The van der Waals surface area contributed by atoms with Crippen molar-refractivity contribution in [3.8, 4) is 0 Å². The maximum atomic E-state index is 10.6. The van der Waals surface area contributed by atoms with Gasteiger partial charge < -0.3 is 14.8 Å². The first-order valence-corrected chi connectivity index (χ1v) is 12.4. The minimum atomic E-state index is -0.0787. The van der Waals surface area contributed by atoms with E-state index in [1.807, 2.05) is 45.0 Å². The summed E-state index contributed by atoms with van der Waals surface area (Å²) in [5.41, 5.74) is 7.23. The number of ketones is 1. The molecule has 0 saturated carbocycles. The lowest BCUT2D eigenvalue weighted by Crippen LogP contribution is -2.23. The van der Waals surface area contributed by atoms with Gasteiger partial charge in [-0.3, -0.25) is 4.79 Å². The summed E-state index contributed by atoms with van der Waals surface area (Å²) >= 11 is 0. The smallest absolute Gasteiger partial charge is 0.136 e. The van der Waals surface area contributed by atoms with Crippen molar-refractivity contribution in [2.75, 3.05) is 19.6 Å². The Labute approximate surface area is 213 Å². The SMILES string of the molecule is C=C(C)c1ccc(C)c(/C(C)=C(/O)c2cccc(C)c2)c1.CC(=O)CC=O.CCCN(CC)CC. The Kier molecular flexibility index (Phi) is 16.0. The largest absolute Gasteiger partial charge is 0.507 e. The van der Waals surface area contributed by atoms with Crippen LogP contribution >= 0.6 is 0 Å². The molecular weight excluding hydrogens is 434 g/mol. The van der Waals surface area contributed by atoms with Gasteiger partial charge in [-0.2, -0.15) is 0 Å². The third-order valence-electron chi connectivity index (χ3n) is 5.59. The Balaban J connectivity index is 0.000000681. The van der Waals surface area contributed by atoms with E-state index in [9.17, 15) is 14.7 Å². The Bertz CT molecular complexity index is 984. The molecule has 0 bridgehead atoms. The molecule has 2 aromatic rings. The summed E-state index contributed by atoms with van der Waals surface area (Å²) in [7, 11) is 0. The number of carbonyl (C=O) groups excluding carboxylic acids is 2. The van der Waals surface area contributed by atoms with Crippen molar-refractivity contribution in [3.63, 3.8) is 0 Å². The predicted molar refractivity (Wildman–Crippen MR) is 152 cm³/mol. The second-order valence-corrected chi connectivity index (χ2v) is 8.75.